The number of carbonyl (C=O) groups is 2. The van der Waals surface area contributed by atoms with Crippen molar-refractivity contribution in [1.82, 2.24) is 0 Å². The molecule has 1 aromatic heterocycles. The first-order chi connectivity index (χ1) is 13.5. The Morgan fingerprint density at radius 3 is 2.32 bits per heavy atom. The molecule has 2 aromatic carbocycles. The summed E-state index contributed by atoms with van der Waals surface area (Å²) in [6.45, 7) is -0.448. The van der Waals surface area contributed by atoms with Gasteiger partial charge < -0.3 is 18.9 Å². The second kappa shape index (κ2) is 8.50. The van der Waals surface area contributed by atoms with Gasteiger partial charge in [-0.2, -0.15) is 0 Å². The number of methoxy groups -OCH3 is 3. The smallest absolute Gasteiger partial charge is 0.350 e. The van der Waals surface area contributed by atoms with Crippen molar-refractivity contribution in [2.45, 2.75) is 0 Å². The molecule has 0 saturated carbocycles. The van der Waals surface area contributed by atoms with Gasteiger partial charge in [0.15, 0.2) is 6.61 Å². The average Bonchev–Trinajstić information content (AvgIpc) is 3.06. The Kier molecular flexibility index (Phi) is 6.06. The van der Waals surface area contributed by atoms with E-state index in [9.17, 15) is 9.59 Å². The topological polar surface area (TPSA) is 71.1 Å². The van der Waals surface area contributed by atoms with E-state index in [1.165, 1.54) is 31.6 Å². The Bertz CT molecular complexity index is 1040. The molecule has 0 aliphatic carbocycles. The lowest BCUT2D eigenvalue weighted by Gasteiger charge is -2.10. The van der Waals surface area contributed by atoms with Gasteiger partial charge in [-0.3, -0.25) is 4.79 Å². The number of halogens is 1. The Morgan fingerprint density at radius 1 is 0.964 bits per heavy atom. The highest BCUT2D eigenvalue weighted by Crippen LogP contribution is 2.37. The van der Waals surface area contributed by atoms with Crippen LogP contribution in [0.1, 0.15) is 20.0 Å². The summed E-state index contributed by atoms with van der Waals surface area (Å²) in [6.07, 6.45) is 0. The molecule has 6 nitrogen and oxygen atoms in total. The van der Waals surface area contributed by atoms with Crippen LogP contribution in [0.5, 0.6) is 17.2 Å². The number of Topliss-reactive ketones (excluding diaryl/α,β-unsaturated/α-hetero) is 1. The fourth-order valence-electron chi connectivity index (χ4n) is 2.61. The Balaban J connectivity index is 1.78. The van der Waals surface area contributed by atoms with Crippen LogP contribution in [0.2, 0.25) is 5.02 Å². The molecule has 146 valence electrons. The normalized spacial score (nSPS) is 10.6. The number of esters is 1. The van der Waals surface area contributed by atoms with E-state index in [1.807, 2.05) is 0 Å². The van der Waals surface area contributed by atoms with Gasteiger partial charge in [0.1, 0.15) is 22.1 Å². The minimum atomic E-state index is -0.666. The number of hydrogen-bond donors (Lipinski definition) is 0. The van der Waals surface area contributed by atoms with Crippen LogP contribution in [-0.2, 0) is 4.74 Å². The van der Waals surface area contributed by atoms with Crippen molar-refractivity contribution in [3.05, 3.63) is 51.9 Å². The van der Waals surface area contributed by atoms with E-state index in [2.05, 4.69) is 0 Å². The summed E-state index contributed by atoms with van der Waals surface area (Å²) in [4.78, 5) is 25.2. The number of hydrogen-bond acceptors (Lipinski definition) is 7. The molecule has 0 spiro atoms. The summed E-state index contributed by atoms with van der Waals surface area (Å²) in [5.41, 5.74) is 0.266. The molecule has 0 N–H and O–H groups in total. The SMILES string of the molecule is COc1ccc(OC)c(C(=O)COC(=O)c2sc3cc(OC)ccc3c2Cl)c1. The van der Waals surface area contributed by atoms with Gasteiger partial charge >= 0.3 is 5.97 Å². The first kappa shape index (κ1) is 20.0. The largest absolute Gasteiger partial charge is 0.497 e. The zero-order chi connectivity index (χ0) is 20.3. The highest BCUT2D eigenvalue weighted by Gasteiger charge is 2.21. The highest BCUT2D eigenvalue weighted by atomic mass is 35.5. The molecule has 3 rings (SSSR count). The van der Waals surface area contributed by atoms with Crippen molar-refractivity contribution in [1.29, 1.82) is 0 Å². The minimum absolute atomic E-state index is 0.232. The average molecular weight is 421 g/mol. The van der Waals surface area contributed by atoms with Crippen molar-refractivity contribution >= 4 is 44.8 Å². The van der Waals surface area contributed by atoms with E-state index in [4.69, 9.17) is 30.5 Å². The maximum Gasteiger partial charge on any atom is 0.350 e. The molecule has 0 saturated heterocycles. The van der Waals surface area contributed by atoms with Crippen LogP contribution in [0.25, 0.3) is 10.1 Å². The Morgan fingerprint density at radius 2 is 1.64 bits per heavy atom. The van der Waals surface area contributed by atoms with E-state index < -0.39 is 18.4 Å². The lowest BCUT2D eigenvalue weighted by atomic mass is 10.1. The Hall–Kier alpha value is -2.77. The third-order valence-corrected chi connectivity index (χ3v) is 5.70. The number of fused-ring (bicyclic) bond motifs is 1. The minimum Gasteiger partial charge on any atom is -0.497 e. The maximum atomic E-state index is 12.5. The lowest BCUT2D eigenvalue weighted by Crippen LogP contribution is -2.14. The molecule has 0 atom stereocenters. The molecule has 0 bridgehead atoms. The lowest BCUT2D eigenvalue weighted by molar-refractivity contribution is 0.0479. The monoisotopic (exact) mass is 420 g/mol. The molecule has 28 heavy (non-hydrogen) atoms. The first-order valence-electron chi connectivity index (χ1n) is 8.17. The number of benzene rings is 2. The fraction of sp³-hybridized carbons (Fsp3) is 0.200. The number of ketones is 1. The quantitative estimate of drug-likeness (QED) is 0.410. The van der Waals surface area contributed by atoms with E-state index in [-0.39, 0.29) is 10.4 Å². The predicted octanol–water partition coefficient (Wildman–Crippen LogP) is 4.62. The number of ether oxygens (including phenoxy) is 4. The zero-order valence-corrected chi connectivity index (χ0v) is 17.0. The molecule has 0 unspecified atom stereocenters. The van der Waals surface area contributed by atoms with E-state index in [1.54, 1.807) is 37.4 Å². The van der Waals surface area contributed by atoms with E-state index in [0.717, 1.165) is 10.1 Å². The van der Waals surface area contributed by atoms with E-state index >= 15 is 0 Å². The summed E-state index contributed by atoms with van der Waals surface area (Å²) in [6, 6.07) is 10.1. The molecule has 0 amide bonds. The van der Waals surface area contributed by atoms with Crippen LogP contribution >= 0.6 is 22.9 Å². The number of rotatable bonds is 7. The number of carbonyl (C=O) groups excluding carboxylic acids is 2. The van der Waals surface area contributed by atoms with Gasteiger partial charge in [-0.25, -0.2) is 4.79 Å². The molecule has 0 radical (unpaired) electrons. The predicted molar refractivity (Wildman–Crippen MR) is 108 cm³/mol. The molecule has 1 heterocycles. The van der Waals surface area contributed by atoms with Crippen molar-refractivity contribution < 1.29 is 28.5 Å². The van der Waals surface area contributed by atoms with Crippen LogP contribution in [0, 0.1) is 0 Å². The Labute approximate surface area is 170 Å². The van der Waals surface area contributed by atoms with Crippen molar-refractivity contribution in [2.24, 2.45) is 0 Å². The van der Waals surface area contributed by atoms with E-state index in [0.29, 0.717) is 22.3 Å². The summed E-state index contributed by atoms with van der Waals surface area (Å²) in [5, 5.41) is 1.01. The summed E-state index contributed by atoms with van der Waals surface area (Å²) < 4.78 is 21.5. The van der Waals surface area contributed by atoms with Crippen molar-refractivity contribution in [3.8, 4) is 17.2 Å². The molecular weight excluding hydrogens is 404 g/mol. The second-order valence-electron chi connectivity index (χ2n) is 5.67. The van der Waals surface area contributed by atoms with Crippen LogP contribution in [0.3, 0.4) is 0 Å². The van der Waals surface area contributed by atoms with Gasteiger partial charge in [-0.05, 0) is 36.4 Å². The van der Waals surface area contributed by atoms with Gasteiger partial charge in [0.2, 0.25) is 5.78 Å². The second-order valence-corrected chi connectivity index (χ2v) is 7.10. The number of thiophene rings is 1. The molecule has 0 fully saturated rings. The summed E-state index contributed by atoms with van der Waals surface area (Å²) in [7, 11) is 4.51. The van der Waals surface area contributed by atoms with Crippen LogP contribution in [-0.4, -0.2) is 39.7 Å². The van der Waals surface area contributed by atoms with Gasteiger partial charge in [0, 0.05) is 10.1 Å². The zero-order valence-electron chi connectivity index (χ0n) is 15.4. The van der Waals surface area contributed by atoms with Gasteiger partial charge in [-0.1, -0.05) is 11.6 Å². The van der Waals surface area contributed by atoms with Crippen molar-refractivity contribution in [2.75, 3.05) is 27.9 Å². The third-order valence-electron chi connectivity index (χ3n) is 4.06. The summed E-state index contributed by atoms with van der Waals surface area (Å²) in [5.74, 6) is 0.444. The first-order valence-corrected chi connectivity index (χ1v) is 9.36. The molecule has 0 aliphatic rings. The fourth-order valence-corrected chi connectivity index (χ4v) is 4.04. The molecule has 3 aromatic rings. The molecule has 8 heteroatoms. The third kappa shape index (κ3) is 3.90. The summed E-state index contributed by atoms with van der Waals surface area (Å²) >= 11 is 7.49. The highest BCUT2D eigenvalue weighted by molar-refractivity contribution is 7.21. The van der Waals surface area contributed by atoms with Gasteiger partial charge in [-0.15, -0.1) is 11.3 Å². The van der Waals surface area contributed by atoms with Gasteiger partial charge in [0.05, 0.1) is 31.9 Å². The molecule has 0 aliphatic heterocycles. The van der Waals surface area contributed by atoms with Crippen molar-refractivity contribution in [3.63, 3.8) is 0 Å². The maximum absolute atomic E-state index is 12.5. The molecular formula is C20H17ClO6S. The van der Waals surface area contributed by atoms with Crippen LogP contribution in [0.15, 0.2) is 36.4 Å². The van der Waals surface area contributed by atoms with Crippen LogP contribution in [0.4, 0.5) is 0 Å². The van der Waals surface area contributed by atoms with Crippen LogP contribution < -0.4 is 14.2 Å². The standard InChI is InChI=1S/C20H17ClO6S/c1-24-11-5-7-16(26-3)14(8-11)15(22)10-27-20(23)19-18(21)13-6-4-12(25-2)9-17(13)28-19/h4-9H,10H2,1-3H3. The van der Waals surface area contributed by atoms with Gasteiger partial charge in [0.25, 0.3) is 0 Å².